The lowest BCUT2D eigenvalue weighted by atomic mass is 10.0. The van der Waals surface area contributed by atoms with Crippen LogP contribution in [-0.2, 0) is 0 Å². The van der Waals surface area contributed by atoms with E-state index in [1.54, 1.807) is 49.4 Å². The summed E-state index contributed by atoms with van der Waals surface area (Å²) in [4.78, 5) is 38.8. The number of hydrogen-bond donors (Lipinski definition) is 2. The van der Waals surface area contributed by atoms with Crippen molar-refractivity contribution in [1.82, 2.24) is 0 Å². The second kappa shape index (κ2) is 9.52. The van der Waals surface area contributed by atoms with Gasteiger partial charge < -0.3 is 15.5 Å². The van der Waals surface area contributed by atoms with Crippen LogP contribution < -0.4 is 15.5 Å². The maximum atomic E-state index is 12.9. The molecule has 168 valence electrons. The molecule has 2 amide bonds. The minimum atomic E-state index is -0.477. The van der Waals surface area contributed by atoms with Crippen molar-refractivity contribution in [2.45, 2.75) is 19.8 Å². The van der Waals surface area contributed by atoms with Crippen LogP contribution in [0.1, 0.15) is 39.1 Å². The lowest BCUT2D eigenvalue weighted by Gasteiger charge is -2.18. The van der Waals surface area contributed by atoms with Crippen LogP contribution in [0.15, 0.2) is 66.7 Å². The molecule has 8 heteroatoms. The Morgan fingerprint density at radius 2 is 1.64 bits per heavy atom. The summed E-state index contributed by atoms with van der Waals surface area (Å²) in [5.41, 5.74) is 2.79. The first-order chi connectivity index (χ1) is 15.9. The fourth-order valence-corrected chi connectivity index (χ4v) is 3.97. The largest absolute Gasteiger partial charge is 0.366 e. The Balaban J connectivity index is 1.55. The fraction of sp³-hybridized carbons (Fsp3) is 0.200. The lowest BCUT2D eigenvalue weighted by molar-refractivity contribution is -0.384. The number of carbonyl (C=O) groups is 2. The highest BCUT2D eigenvalue weighted by Gasteiger charge is 2.24. The number of benzene rings is 3. The number of nitrogens with one attached hydrogen (secondary N) is 2. The van der Waals surface area contributed by atoms with Crippen LogP contribution in [0.3, 0.4) is 0 Å². The van der Waals surface area contributed by atoms with Crippen LogP contribution in [0.25, 0.3) is 0 Å². The molecule has 3 aromatic carbocycles. The molecule has 0 bridgehead atoms. The molecule has 0 radical (unpaired) electrons. The second-order valence-corrected chi connectivity index (χ2v) is 7.91. The molecule has 0 atom stereocenters. The third-order valence-electron chi connectivity index (χ3n) is 5.74. The standard InChI is InChI=1S/C25H24N4O4/c1-17-20(25(31)26-19-8-3-2-4-9-19)10-7-11-21(17)27-24(30)18-12-13-22(23(16-18)29(32)33)28-14-5-6-15-28/h2-4,7-13,16H,5-6,14-15H2,1H3,(H,26,31)(H,27,30). The van der Waals surface area contributed by atoms with Crippen molar-refractivity contribution in [3.8, 4) is 0 Å². The van der Waals surface area contributed by atoms with Gasteiger partial charge in [0.15, 0.2) is 0 Å². The lowest BCUT2D eigenvalue weighted by Crippen LogP contribution is -2.20. The highest BCUT2D eigenvalue weighted by molar-refractivity contribution is 6.09. The number of rotatable bonds is 6. The van der Waals surface area contributed by atoms with E-state index in [4.69, 9.17) is 0 Å². The number of anilines is 3. The zero-order chi connectivity index (χ0) is 23.4. The van der Waals surface area contributed by atoms with E-state index in [-0.39, 0.29) is 17.2 Å². The van der Waals surface area contributed by atoms with Gasteiger partial charge >= 0.3 is 0 Å². The molecule has 8 nitrogen and oxygen atoms in total. The van der Waals surface area contributed by atoms with E-state index in [2.05, 4.69) is 10.6 Å². The summed E-state index contributed by atoms with van der Waals surface area (Å²) in [6.07, 6.45) is 1.99. The zero-order valence-electron chi connectivity index (χ0n) is 18.2. The number of carbonyl (C=O) groups excluding carboxylic acids is 2. The van der Waals surface area contributed by atoms with E-state index in [1.807, 2.05) is 23.1 Å². The first-order valence-electron chi connectivity index (χ1n) is 10.7. The molecule has 0 aromatic heterocycles. The zero-order valence-corrected chi connectivity index (χ0v) is 18.2. The molecule has 33 heavy (non-hydrogen) atoms. The van der Waals surface area contributed by atoms with Crippen LogP contribution in [0.5, 0.6) is 0 Å². The van der Waals surface area contributed by atoms with E-state index in [0.717, 1.165) is 25.9 Å². The molecule has 0 unspecified atom stereocenters. The van der Waals surface area contributed by atoms with Crippen molar-refractivity contribution in [2.24, 2.45) is 0 Å². The van der Waals surface area contributed by atoms with Gasteiger partial charge in [-0.2, -0.15) is 0 Å². The minimum absolute atomic E-state index is 0.0859. The summed E-state index contributed by atoms with van der Waals surface area (Å²) in [6, 6.07) is 18.7. The van der Waals surface area contributed by atoms with E-state index in [9.17, 15) is 19.7 Å². The predicted molar refractivity (Wildman–Crippen MR) is 128 cm³/mol. The molecule has 0 saturated carbocycles. The van der Waals surface area contributed by atoms with Gasteiger partial charge in [-0.1, -0.05) is 24.3 Å². The third-order valence-corrected chi connectivity index (χ3v) is 5.74. The van der Waals surface area contributed by atoms with Crippen molar-refractivity contribution in [3.63, 3.8) is 0 Å². The van der Waals surface area contributed by atoms with Crippen molar-refractivity contribution >= 4 is 34.6 Å². The van der Waals surface area contributed by atoms with Crippen LogP contribution >= 0.6 is 0 Å². The summed E-state index contributed by atoms with van der Waals surface area (Å²) in [5.74, 6) is -0.768. The Kier molecular flexibility index (Phi) is 6.35. The van der Waals surface area contributed by atoms with Gasteiger partial charge in [-0.25, -0.2) is 0 Å². The summed E-state index contributed by atoms with van der Waals surface area (Å²) >= 11 is 0. The number of nitro benzene ring substituents is 1. The van der Waals surface area contributed by atoms with Crippen LogP contribution in [-0.4, -0.2) is 29.8 Å². The highest BCUT2D eigenvalue weighted by Crippen LogP contribution is 2.32. The van der Waals surface area contributed by atoms with E-state index < -0.39 is 10.8 Å². The van der Waals surface area contributed by atoms with Gasteiger partial charge in [-0.15, -0.1) is 0 Å². The van der Waals surface area contributed by atoms with Gasteiger partial charge in [0, 0.05) is 41.7 Å². The fourth-order valence-electron chi connectivity index (χ4n) is 3.97. The van der Waals surface area contributed by atoms with Crippen molar-refractivity contribution in [2.75, 3.05) is 28.6 Å². The maximum absolute atomic E-state index is 12.9. The molecule has 1 fully saturated rings. The van der Waals surface area contributed by atoms with Crippen molar-refractivity contribution in [3.05, 3.63) is 93.5 Å². The molecular formula is C25H24N4O4. The summed E-state index contributed by atoms with van der Waals surface area (Å²) in [6.45, 7) is 3.28. The second-order valence-electron chi connectivity index (χ2n) is 7.91. The van der Waals surface area contributed by atoms with Gasteiger partial charge in [0.05, 0.1) is 4.92 Å². The Hall–Kier alpha value is -4.20. The highest BCUT2D eigenvalue weighted by atomic mass is 16.6. The topological polar surface area (TPSA) is 105 Å². The normalized spacial score (nSPS) is 12.9. The summed E-state index contributed by atoms with van der Waals surface area (Å²) in [7, 11) is 0. The minimum Gasteiger partial charge on any atom is -0.366 e. The number of nitro groups is 1. The Morgan fingerprint density at radius 1 is 0.909 bits per heavy atom. The third kappa shape index (κ3) is 4.85. The molecule has 2 N–H and O–H groups in total. The Morgan fingerprint density at radius 3 is 2.33 bits per heavy atom. The molecule has 1 heterocycles. The number of amides is 2. The molecule has 0 spiro atoms. The van der Waals surface area contributed by atoms with Gasteiger partial charge in [0.2, 0.25) is 0 Å². The van der Waals surface area contributed by atoms with Gasteiger partial charge in [-0.3, -0.25) is 19.7 Å². The molecule has 3 aromatic rings. The number of para-hydroxylation sites is 1. The molecule has 4 rings (SSSR count). The number of nitrogens with zero attached hydrogens (tertiary/aromatic N) is 2. The average molecular weight is 444 g/mol. The van der Waals surface area contributed by atoms with Gasteiger partial charge in [0.1, 0.15) is 5.69 Å². The van der Waals surface area contributed by atoms with E-state index in [1.165, 1.54) is 6.07 Å². The van der Waals surface area contributed by atoms with E-state index >= 15 is 0 Å². The molecule has 0 aliphatic carbocycles. The van der Waals surface area contributed by atoms with Gasteiger partial charge in [0.25, 0.3) is 17.5 Å². The average Bonchev–Trinajstić information content (AvgIpc) is 3.35. The number of hydrogen-bond acceptors (Lipinski definition) is 5. The van der Waals surface area contributed by atoms with Crippen molar-refractivity contribution < 1.29 is 14.5 Å². The predicted octanol–water partition coefficient (Wildman–Crippen LogP) is 5.01. The molecule has 1 saturated heterocycles. The Labute approximate surface area is 191 Å². The smallest absolute Gasteiger partial charge is 0.293 e. The van der Waals surface area contributed by atoms with Gasteiger partial charge in [-0.05, 0) is 61.7 Å². The molecule has 1 aliphatic rings. The first kappa shape index (κ1) is 22.0. The quantitative estimate of drug-likeness (QED) is 0.411. The monoisotopic (exact) mass is 444 g/mol. The van der Waals surface area contributed by atoms with Crippen LogP contribution in [0.4, 0.5) is 22.7 Å². The van der Waals surface area contributed by atoms with E-state index in [0.29, 0.717) is 28.2 Å². The van der Waals surface area contributed by atoms with Crippen LogP contribution in [0.2, 0.25) is 0 Å². The van der Waals surface area contributed by atoms with Crippen LogP contribution in [0, 0.1) is 17.0 Å². The molecular weight excluding hydrogens is 420 g/mol. The Bertz CT molecular complexity index is 1200. The summed E-state index contributed by atoms with van der Waals surface area (Å²) in [5, 5.41) is 17.3. The molecule has 1 aliphatic heterocycles. The SMILES string of the molecule is Cc1c(NC(=O)c2ccc(N3CCCC3)c([N+](=O)[O-])c2)cccc1C(=O)Nc1ccccc1. The maximum Gasteiger partial charge on any atom is 0.293 e. The summed E-state index contributed by atoms with van der Waals surface area (Å²) < 4.78 is 0. The van der Waals surface area contributed by atoms with Crippen molar-refractivity contribution in [1.29, 1.82) is 0 Å². The first-order valence-corrected chi connectivity index (χ1v) is 10.7.